The molecule has 3 aromatic carbocycles. The molecular formula is C29H31N3O4S. The Labute approximate surface area is 222 Å². The number of nitrogens with one attached hydrogen (secondary N) is 2. The van der Waals surface area contributed by atoms with Crippen LogP contribution in [0.25, 0.3) is 10.9 Å². The molecule has 0 amide bonds. The van der Waals surface area contributed by atoms with E-state index in [4.69, 9.17) is 26.4 Å². The zero-order chi connectivity index (χ0) is 26.2. The first-order chi connectivity index (χ1) is 18.0. The number of ether oxygens (including phenoxy) is 3. The number of hydrogen-bond acceptors (Lipinski definition) is 5. The lowest BCUT2D eigenvalue weighted by molar-refractivity contribution is 0.354. The summed E-state index contributed by atoms with van der Waals surface area (Å²) in [7, 11) is 4.87. The smallest absolute Gasteiger partial charge is 0.253 e. The largest absolute Gasteiger partial charge is 0.497 e. The van der Waals surface area contributed by atoms with Crippen LogP contribution in [-0.2, 0) is 19.5 Å². The van der Waals surface area contributed by atoms with Gasteiger partial charge in [-0.15, -0.1) is 0 Å². The van der Waals surface area contributed by atoms with E-state index in [1.54, 1.807) is 21.3 Å². The van der Waals surface area contributed by atoms with Gasteiger partial charge in [-0.2, -0.15) is 0 Å². The molecule has 2 N–H and O–H groups in total. The number of nitrogens with zero attached hydrogens (tertiary/aromatic N) is 1. The summed E-state index contributed by atoms with van der Waals surface area (Å²) in [6.07, 6.45) is 0.746. The number of benzene rings is 3. The second-order valence-electron chi connectivity index (χ2n) is 8.59. The van der Waals surface area contributed by atoms with E-state index >= 15 is 0 Å². The SMILES string of the molecule is COc1ccc2[nH]c(=O)c(CN(Cc3ccccc3)C(=S)NCCc3ccc(OC)c(OC)c3)cc2c1. The highest BCUT2D eigenvalue weighted by molar-refractivity contribution is 7.80. The van der Waals surface area contributed by atoms with E-state index in [2.05, 4.69) is 22.4 Å². The van der Waals surface area contributed by atoms with Gasteiger partial charge in [0.15, 0.2) is 16.6 Å². The minimum atomic E-state index is -0.135. The monoisotopic (exact) mass is 517 g/mol. The summed E-state index contributed by atoms with van der Waals surface area (Å²) >= 11 is 5.79. The third-order valence-corrected chi connectivity index (χ3v) is 6.53. The topological polar surface area (TPSA) is 75.8 Å². The minimum absolute atomic E-state index is 0.135. The van der Waals surface area contributed by atoms with E-state index in [9.17, 15) is 4.79 Å². The molecule has 0 radical (unpaired) electrons. The third-order valence-electron chi connectivity index (χ3n) is 6.13. The molecule has 0 saturated heterocycles. The number of pyridine rings is 1. The Kier molecular flexibility index (Phi) is 8.64. The molecule has 0 saturated carbocycles. The molecule has 0 bridgehead atoms. The second kappa shape index (κ2) is 12.3. The quantitative estimate of drug-likeness (QED) is 0.296. The van der Waals surface area contributed by atoms with Crippen LogP contribution in [0.3, 0.4) is 0 Å². The minimum Gasteiger partial charge on any atom is -0.497 e. The van der Waals surface area contributed by atoms with Gasteiger partial charge in [-0.1, -0.05) is 36.4 Å². The molecule has 0 fully saturated rings. The van der Waals surface area contributed by atoms with Crippen LogP contribution in [0.15, 0.2) is 77.6 Å². The lowest BCUT2D eigenvalue weighted by Gasteiger charge is -2.26. The molecule has 192 valence electrons. The fraction of sp³-hybridized carbons (Fsp3) is 0.241. The van der Waals surface area contributed by atoms with Crippen molar-refractivity contribution >= 4 is 28.2 Å². The van der Waals surface area contributed by atoms with Gasteiger partial charge < -0.3 is 29.4 Å². The Hall–Kier alpha value is -4.04. The first-order valence-electron chi connectivity index (χ1n) is 12.0. The van der Waals surface area contributed by atoms with Crippen LogP contribution in [0.5, 0.6) is 17.2 Å². The van der Waals surface area contributed by atoms with Crippen molar-refractivity contribution in [3.05, 3.63) is 99.8 Å². The summed E-state index contributed by atoms with van der Waals surface area (Å²) in [6.45, 7) is 1.56. The Morgan fingerprint density at radius 2 is 1.65 bits per heavy atom. The van der Waals surface area contributed by atoms with Crippen molar-refractivity contribution in [1.82, 2.24) is 15.2 Å². The molecule has 8 heteroatoms. The van der Waals surface area contributed by atoms with E-state index in [1.165, 1.54) is 0 Å². The molecule has 1 heterocycles. The highest BCUT2D eigenvalue weighted by atomic mass is 32.1. The summed E-state index contributed by atoms with van der Waals surface area (Å²) in [5.41, 5.74) is 3.46. The van der Waals surface area contributed by atoms with Gasteiger partial charge in [0.2, 0.25) is 0 Å². The number of methoxy groups -OCH3 is 3. The van der Waals surface area contributed by atoms with Gasteiger partial charge in [0.25, 0.3) is 5.56 Å². The van der Waals surface area contributed by atoms with Crippen LogP contribution in [0.1, 0.15) is 16.7 Å². The summed E-state index contributed by atoms with van der Waals surface area (Å²) in [5, 5.41) is 4.85. The van der Waals surface area contributed by atoms with E-state index < -0.39 is 0 Å². The zero-order valence-corrected chi connectivity index (χ0v) is 22.1. The van der Waals surface area contributed by atoms with Crippen LogP contribution >= 0.6 is 12.2 Å². The average Bonchev–Trinajstić information content (AvgIpc) is 2.93. The zero-order valence-electron chi connectivity index (χ0n) is 21.2. The van der Waals surface area contributed by atoms with Crippen molar-refractivity contribution in [2.24, 2.45) is 0 Å². The van der Waals surface area contributed by atoms with Gasteiger partial charge in [-0.25, -0.2) is 0 Å². The predicted octanol–water partition coefficient (Wildman–Crippen LogP) is 4.67. The van der Waals surface area contributed by atoms with E-state index in [-0.39, 0.29) is 5.56 Å². The maximum absolute atomic E-state index is 12.9. The molecule has 7 nitrogen and oxygen atoms in total. The molecular weight excluding hydrogens is 486 g/mol. The van der Waals surface area contributed by atoms with Crippen molar-refractivity contribution in [3.63, 3.8) is 0 Å². The first kappa shape index (κ1) is 26.0. The Morgan fingerprint density at radius 1 is 0.865 bits per heavy atom. The van der Waals surface area contributed by atoms with Crippen LogP contribution in [0.4, 0.5) is 0 Å². The third kappa shape index (κ3) is 6.59. The molecule has 1 aromatic heterocycles. The molecule has 0 unspecified atom stereocenters. The maximum atomic E-state index is 12.9. The molecule has 4 aromatic rings. The van der Waals surface area contributed by atoms with E-state index in [1.807, 2.05) is 65.6 Å². The Morgan fingerprint density at radius 3 is 2.38 bits per heavy atom. The molecule has 0 spiro atoms. The highest BCUT2D eigenvalue weighted by Crippen LogP contribution is 2.27. The number of fused-ring (bicyclic) bond motifs is 1. The van der Waals surface area contributed by atoms with Gasteiger partial charge in [-0.05, 0) is 66.2 Å². The first-order valence-corrected chi connectivity index (χ1v) is 12.4. The Bertz CT molecular complexity index is 1420. The molecule has 0 aliphatic heterocycles. The van der Waals surface area contributed by atoms with Crippen molar-refractivity contribution in [2.45, 2.75) is 19.5 Å². The number of aromatic amines is 1. The van der Waals surface area contributed by atoms with Gasteiger partial charge in [-0.3, -0.25) is 4.79 Å². The average molecular weight is 518 g/mol. The fourth-order valence-electron chi connectivity index (χ4n) is 4.14. The number of aromatic nitrogens is 1. The second-order valence-corrected chi connectivity index (χ2v) is 8.98. The van der Waals surface area contributed by atoms with Gasteiger partial charge in [0.1, 0.15) is 5.75 Å². The van der Waals surface area contributed by atoms with Crippen molar-refractivity contribution in [1.29, 1.82) is 0 Å². The van der Waals surface area contributed by atoms with Gasteiger partial charge in [0, 0.05) is 29.6 Å². The summed E-state index contributed by atoms with van der Waals surface area (Å²) in [4.78, 5) is 17.9. The van der Waals surface area contributed by atoms with Crippen molar-refractivity contribution in [2.75, 3.05) is 27.9 Å². The highest BCUT2D eigenvalue weighted by Gasteiger charge is 2.15. The lowest BCUT2D eigenvalue weighted by Crippen LogP contribution is -2.40. The Balaban J connectivity index is 1.51. The normalized spacial score (nSPS) is 10.7. The standard InChI is InChI=1S/C29H31N3O4S/c1-34-24-10-11-25-22(17-24)16-23(28(33)31-25)19-32(18-21-7-5-4-6-8-21)29(37)30-14-13-20-9-12-26(35-2)27(15-20)36-3/h4-12,15-17H,13-14,18-19H2,1-3H3,(H,30,37)(H,31,33). The summed E-state index contributed by atoms with van der Waals surface area (Å²) in [6, 6.07) is 23.4. The summed E-state index contributed by atoms with van der Waals surface area (Å²) in [5.74, 6) is 2.13. The van der Waals surface area contributed by atoms with Crippen LogP contribution in [0, 0.1) is 0 Å². The van der Waals surface area contributed by atoms with E-state index in [0.717, 1.165) is 34.2 Å². The van der Waals surface area contributed by atoms with Crippen molar-refractivity contribution < 1.29 is 14.2 Å². The maximum Gasteiger partial charge on any atom is 0.253 e. The van der Waals surface area contributed by atoms with Crippen LogP contribution in [0.2, 0.25) is 0 Å². The number of H-pyrrole nitrogens is 1. The summed E-state index contributed by atoms with van der Waals surface area (Å²) < 4.78 is 16.1. The number of hydrogen-bond donors (Lipinski definition) is 2. The van der Waals surface area contributed by atoms with Gasteiger partial charge >= 0.3 is 0 Å². The molecule has 37 heavy (non-hydrogen) atoms. The molecule has 4 rings (SSSR count). The van der Waals surface area contributed by atoms with E-state index in [0.29, 0.717) is 41.8 Å². The number of thiocarbonyl (C=S) groups is 1. The van der Waals surface area contributed by atoms with Crippen LogP contribution in [-0.4, -0.2) is 42.9 Å². The molecule has 0 aliphatic rings. The number of rotatable bonds is 10. The molecule has 0 atom stereocenters. The van der Waals surface area contributed by atoms with Gasteiger partial charge in [0.05, 0.1) is 27.9 Å². The lowest BCUT2D eigenvalue weighted by atomic mass is 10.1. The molecule has 0 aliphatic carbocycles. The predicted molar refractivity (Wildman–Crippen MR) is 151 cm³/mol. The van der Waals surface area contributed by atoms with Crippen LogP contribution < -0.4 is 25.1 Å². The fourth-order valence-corrected chi connectivity index (χ4v) is 4.38. The van der Waals surface area contributed by atoms with Crippen molar-refractivity contribution in [3.8, 4) is 17.2 Å².